The van der Waals surface area contributed by atoms with Gasteiger partial charge in [0.25, 0.3) is 17.7 Å². The molecule has 8 N–H and O–H groups in total. The smallest absolute Gasteiger partial charge is 0.381 e. The molecule has 0 bridgehead atoms. The Labute approximate surface area is 452 Å². The minimum Gasteiger partial charge on any atom is -0.497 e. The number of primary amides is 2. The van der Waals surface area contributed by atoms with E-state index >= 15 is 0 Å². The molecule has 2 unspecified atom stereocenters. The lowest BCUT2D eigenvalue weighted by molar-refractivity contribution is -0.130. The van der Waals surface area contributed by atoms with Crippen LogP contribution in [0.3, 0.4) is 0 Å². The van der Waals surface area contributed by atoms with E-state index in [2.05, 4.69) is 33.9 Å². The number of carbonyl (C=O) groups excluding carboxylic acids is 3. The van der Waals surface area contributed by atoms with Crippen LogP contribution >= 0.6 is 0 Å². The van der Waals surface area contributed by atoms with Gasteiger partial charge in [-0.3, -0.25) is 14.4 Å². The molecule has 2 saturated heterocycles. The molecule has 0 spiro atoms. The van der Waals surface area contributed by atoms with E-state index in [-0.39, 0.29) is 16.1 Å². The number of methoxy groups -OCH3 is 2. The maximum atomic E-state index is 12.6. The Hall–Kier alpha value is -8.94. The van der Waals surface area contributed by atoms with Crippen molar-refractivity contribution in [2.75, 3.05) is 64.3 Å². The number of carboxylic acids is 1. The third kappa shape index (κ3) is 13.1. The number of amides is 3. The van der Waals surface area contributed by atoms with Crippen LogP contribution in [-0.2, 0) is 9.59 Å². The summed E-state index contributed by atoms with van der Waals surface area (Å²) in [5.41, 5.74) is 21.8. The Balaban J connectivity index is 0.000000260. The quantitative estimate of drug-likeness (QED) is 0.0635. The van der Waals surface area contributed by atoms with E-state index in [9.17, 15) is 19.2 Å². The topological polar surface area (TPSA) is 252 Å². The maximum Gasteiger partial charge on any atom is 0.381 e. The molecule has 406 valence electrons. The number of aliphatic carboxylic acids is 1. The Kier molecular flexibility index (Phi) is 18.0. The predicted octanol–water partition coefficient (Wildman–Crippen LogP) is 8.06. The highest BCUT2D eigenvalue weighted by molar-refractivity contribution is 5.98. The third-order valence-electron chi connectivity index (χ3n) is 14.0. The third-order valence-corrected chi connectivity index (χ3v) is 14.0. The van der Waals surface area contributed by atoms with Crippen LogP contribution in [0.1, 0.15) is 101 Å². The zero-order valence-electron chi connectivity index (χ0n) is 43.6. The van der Waals surface area contributed by atoms with Gasteiger partial charge in [-0.15, -0.1) is 0 Å². The number of nitrogens with one attached hydrogen (secondary N) is 3. The molecule has 19 nitrogen and oxygen atoms in total. The summed E-state index contributed by atoms with van der Waals surface area (Å²) < 4.78 is 25.9. The summed E-state index contributed by atoms with van der Waals surface area (Å²) in [5.74, 6) is 14.6. The van der Waals surface area contributed by atoms with Crippen molar-refractivity contribution in [3.63, 3.8) is 0 Å². The fourth-order valence-corrected chi connectivity index (χ4v) is 10.3. The number of nitrogens with zero attached hydrogens (tertiary/aromatic N) is 5. The van der Waals surface area contributed by atoms with Crippen molar-refractivity contribution in [1.29, 1.82) is 0 Å². The molecule has 4 aromatic carbocycles. The molecule has 0 saturated carbocycles. The molecule has 4 aliphatic heterocycles. The normalized spacial score (nSPS) is 16.6. The average molecular weight is 1050 g/mol. The fourth-order valence-electron chi connectivity index (χ4n) is 10.3. The number of carbonyl (C=O) groups is 4. The summed E-state index contributed by atoms with van der Waals surface area (Å²) >= 11 is 0. The van der Waals surface area contributed by atoms with E-state index in [4.69, 9.17) is 45.5 Å². The number of carboxylic acid groups (broad SMARTS) is 1. The van der Waals surface area contributed by atoms with Crippen LogP contribution < -0.4 is 46.6 Å². The number of ether oxygens (including phenoxy) is 4. The molecule has 0 radical (unpaired) electrons. The van der Waals surface area contributed by atoms with Gasteiger partial charge >= 0.3 is 5.97 Å². The second-order valence-corrected chi connectivity index (χ2v) is 18.7. The van der Waals surface area contributed by atoms with Crippen LogP contribution in [0.2, 0.25) is 0 Å². The molecule has 77 heavy (non-hydrogen) atoms. The molecule has 2 atom stereocenters. The lowest BCUT2D eigenvalue weighted by Crippen LogP contribution is -2.41. The number of imidazole rings is 2. The molecular weight excluding hydrogens is 981 g/mol. The maximum absolute atomic E-state index is 12.6. The van der Waals surface area contributed by atoms with Gasteiger partial charge in [-0.05, 0) is 180 Å². The molecule has 6 heterocycles. The number of aromatic nitrogens is 4. The minimum absolute atomic E-state index is 0. The molecule has 10 rings (SSSR count). The van der Waals surface area contributed by atoms with Crippen LogP contribution in [0.4, 0.5) is 0 Å². The van der Waals surface area contributed by atoms with Gasteiger partial charge in [-0.2, -0.15) is 0 Å². The van der Waals surface area contributed by atoms with Gasteiger partial charge in [0.1, 0.15) is 57.5 Å². The van der Waals surface area contributed by atoms with E-state index in [0.717, 1.165) is 92.4 Å². The first-order chi connectivity index (χ1) is 37.4. The predicted molar refractivity (Wildman–Crippen MR) is 297 cm³/mol. The number of hydrogen-bond acceptors (Lipinski definition) is 13. The molecule has 0 aliphatic carbocycles. The van der Waals surface area contributed by atoms with Gasteiger partial charge in [0, 0.05) is 59.3 Å². The summed E-state index contributed by atoms with van der Waals surface area (Å²) in [4.78, 5) is 58.4. The van der Waals surface area contributed by atoms with Gasteiger partial charge < -0.3 is 56.6 Å². The van der Waals surface area contributed by atoms with Crippen LogP contribution in [-0.4, -0.2) is 107 Å². The second-order valence-electron chi connectivity index (χ2n) is 18.7. The van der Waals surface area contributed by atoms with Crippen molar-refractivity contribution in [2.24, 2.45) is 23.3 Å². The van der Waals surface area contributed by atoms with Crippen molar-refractivity contribution in [3.8, 4) is 80.7 Å². The highest BCUT2D eigenvalue weighted by Crippen LogP contribution is 2.41. The highest BCUT2D eigenvalue weighted by atomic mass is 16.5. The summed E-state index contributed by atoms with van der Waals surface area (Å²) in [6, 6.07) is 29.8. The largest absolute Gasteiger partial charge is 0.497 e. The Morgan fingerprint density at radius 2 is 0.935 bits per heavy atom. The number of nitrogens with two attached hydrogens (primary N) is 2. The first-order valence-corrected chi connectivity index (χ1v) is 25.6. The van der Waals surface area contributed by atoms with Crippen LogP contribution in [0.5, 0.6) is 34.5 Å². The number of piperidine rings is 2. The summed E-state index contributed by atoms with van der Waals surface area (Å²) in [5, 5.41) is 11.2. The zero-order valence-corrected chi connectivity index (χ0v) is 43.6. The van der Waals surface area contributed by atoms with Crippen molar-refractivity contribution in [1.82, 2.24) is 29.5 Å². The Morgan fingerprint density at radius 3 is 1.29 bits per heavy atom. The van der Waals surface area contributed by atoms with Crippen molar-refractivity contribution >= 4 is 23.7 Å². The monoisotopic (exact) mass is 1050 g/mol. The van der Waals surface area contributed by atoms with E-state index in [1.54, 1.807) is 25.8 Å². The highest BCUT2D eigenvalue weighted by Gasteiger charge is 2.37. The number of benzene rings is 4. The van der Waals surface area contributed by atoms with E-state index in [0.29, 0.717) is 83.2 Å². The Bertz CT molecular complexity index is 3170. The summed E-state index contributed by atoms with van der Waals surface area (Å²) in [6.07, 6.45) is 5.89. The number of rotatable bonds is 12. The first-order valence-electron chi connectivity index (χ1n) is 25.6. The summed E-state index contributed by atoms with van der Waals surface area (Å²) in [7, 11) is 3.25. The molecule has 6 aromatic rings. The van der Waals surface area contributed by atoms with Gasteiger partial charge in [-0.1, -0.05) is 11.8 Å². The standard InChI is InChI=1S/C29H31N5O4.C25H29N5O3.C4H4O2.3H2/c1-3-4-25(35)33-17-14-19(15-18-33)24-13-16-31-34-27(28(30)36)26(32-29(24)34)20-5-7-22(8-6-20)38-23-11-9-21(37-2)10-12-23;1-32-18-6-8-20(9-7-18)33-19-4-2-17(3-5-19)22-23(24(26)31)30-25(29-22)21(12-15-28-30)16-10-13-27-14-11-16;1-2-3-4(5)6;;;/h5-12,19,24,31H,13-18H2,1-2H3,(H2,30,36);2-9,16,21,27-28H,10-15H2,1H3,(H2,26,31);1H3,(H,5,6);3*1H. The molecule has 2 fully saturated rings. The SMILES string of the molecule is CC#CC(=O)N1CCC(C2CCNn3c2nc(-c2ccc(Oc4ccc(OC)cc4)cc2)c3C(N)=O)CC1.CC#CC(=O)O.COc1ccc(Oc2ccc(-c3nc4n(c3C(N)=O)NCCC4C3CCNCC3)cc2)cc1.[HH].[HH].[HH]. The van der Waals surface area contributed by atoms with Gasteiger partial charge in [0.2, 0.25) is 0 Å². The second kappa shape index (κ2) is 25.5. The van der Waals surface area contributed by atoms with E-state index in [1.165, 1.54) is 6.92 Å². The van der Waals surface area contributed by atoms with Gasteiger partial charge in [0.15, 0.2) is 11.4 Å². The van der Waals surface area contributed by atoms with Crippen molar-refractivity contribution in [3.05, 3.63) is 120 Å². The van der Waals surface area contributed by atoms with Crippen LogP contribution in [0, 0.1) is 35.5 Å². The zero-order chi connectivity index (χ0) is 54.4. The van der Waals surface area contributed by atoms with Gasteiger partial charge in [0.05, 0.1) is 14.2 Å². The summed E-state index contributed by atoms with van der Waals surface area (Å²) in [6.45, 7) is 8.07. The van der Waals surface area contributed by atoms with Crippen molar-refractivity contribution < 1.29 is 47.5 Å². The number of fused-ring (bicyclic) bond motifs is 2. The fraction of sp³-hybridized carbons (Fsp3) is 0.345. The van der Waals surface area contributed by atoms with E-state index < -0.39 is 17.8 Å². The van der Waals surface area contributed by atoms with Crippen LogP contribution in [0.15, 0.2) is 97.1 Å². The molecule has 19 heteroatoms. The van der Waals surface area contributed by atoms with E-state index in [1.807, 2.05) is 113 Å². The molecular formula is C58H70N10O9. The number of hydrogen-bond donors (Lipinski definition) is 6. The minimum atomic E-state index is -1.07. The van der Waals surface area contributed by atoms with Crippen molar-refractivity contribution in [2.45, 2.75) is 64.2 Å². The van der Waals surface area contributed by atoms with Gasteiger partial charge in [-0.25, -0.2) is 24.1 Å². The lowest BCUT2D eigenvalue weighted by Gasteiger charge is -2.37. The average Bonchev–Trinajstić information content (AvgIpc) is 4.27. The molecule has 3 amide bonds. The molecule has 4 aliphatic rings. The Morgan fingerprint density at radius 1 is 0.558 bits per heavy atom. The molecule has 2 aromatic heterocycles. The first kappa shape index (κ1) is 54.3. The number of likely N-dealkylation sites (tertiary alicyclic amines) is 1. The van der Waals surface area contributed by atoms with Crippen LogP contribution in [0.25, 0.3) is 22.5 Å². The lowest BCUT2D eigenvalue weighted by atomic mass is 9.81.